The molecule has 0 bridgehead atoms. The van der Waals surface area contributed by atoms with E-state index in [-0.39, 0.29) is 28.5 Å². The van der Waals surface area contributed by atoms with Crippen molar-refractivity contribution in [3.63, 3.8) is 0 Å². The summed E-state index contributed by atoms with van der Waals surface area (Å²) in [6.07, 6.45) is 0. The van der Waals surface area contributed by atoms with Gasteiger partial charge in [-0.1, -0.05) is 72.8 Å². The lowest BCUT2D eigenvalue weighted by Gasteiger charge is -2.11. The second-order valence-corrected chi connectivity index (χ2v) is 7.00. The highest BCUT2D eigenvalue weighted by Gasteiger charge is 2.21. The van der Waals surface area contributed by atoms with Crippen LogP contribution in [0.25, 0.3) is 16.6 Å². The summed E-state index contributed by atoms with van der Waals surface area (Å²) in [6.45, 7) is 0. The van der Waals surface area contributed by atoms with Crippen LogP contribution in [0.5, 0.6) is 0 Å². The quantitative estimate of drug-likeness (QED) is 0.336. The highest BCUT2D eigenvalue weighted by atomic mass is 16.1. The summed E-state index contributed by atoms with van der Waals surface area (Å²) in [4.78, 5) is 43.2. The van der Waals surface area contributed by atoms with E-state index in [1.807, 2.05) is 12.1 Å². The fourth-order valence-electron chi connectivity index (χ4n) is 3.53. The fourth-order valence-corrected chi connectivity index (χ4v) is 3.53. The molecule has 0 amide bonds. The molecule has 0 atom stereocenters. The number of fused-ring (bicyclic) bond motifs is 3. The molecule has 0 aliphatic heterocycles. The number of carbonyl (C=O) groups is 2. The van der Waals surface area contributed by atoms with Gasteiger partial charge in [-0.3, -0.25) is 14.4 Å². The molecule has 5 rings (SSSR count). The molecule has 148 valence electrons. The van der Waals surface area contributed by atoms with Crippen molar-refractivity contribution < 1.29 is 9.59 Å². The molecule has 6 heteroatoms. The molecule has 2 aromatic heterocycles. The van der Waals surface area contributed by atoms with Gasteiger partial charge in [-0.2, -0.15) is 10.1 Å². The number of hydrogen-bond donors (Lipinski definition) is 0. The molecule has 0 radical (unpaired) electrons. The van der Waals surface area contributed by atoms with Crippen LogP contribution in [0, 0.1) is 0 Å². The lowest BCUT2D eigenvalue weighted by Crippen LogP contribution is -2.19. The predicted molar refractivity (Wildman–Crippen MR) is 117 cm³/mol. The molecule has 0 fully saturated rings. The van der Waals surface area contributed by atoms with E-state index in [0.717, 1.165) is 0 Å². The van der Waals surface area contributed by atoms with E-state index >= 15 is 0 Å². The summed E-state index contributed by atoms with van der Waals surface area (Å²) in [5, 5.41) is 4.83. The first kappa shape index (κ1) is 18.6. The second kappa shape index (κ2) is 7.42. The largest absolute Gasteiger partial charge is 0.288 e. The maximum absolute atomic E-state index is 13.3. The smallest absolute Gasteiger partial charge is 0.281 e. The maximum atomic E-state index is 13.3. The van der Waals surface area contributed by atoms with Gasteiger partial charge in [-0.25, -0.2) is 4.52 Å². The third-order valence-corrected chi connectivity index (χ3v) is 5.05. The van der Waals surface area contributed by atoms with Crippen molar-refractivity contribution in [3.8, 4) is 0 Å². The summed E-state index contributed by atoms with van der Waals surface area (Å²) in [6, 6.07) is 25.7. The average Bonchev–Trinajstić information content (AvgIpc) is 2.84. The Labute approximate surface area is 176 Å². The lowest BCUT2D eigenvalue weighted by molar-refractivity contribution is 0.103. The van der Waals surface area contributed by atoms with Crippen LogP contribution in [-0.2, 0) is 0 Å². The van der Waals surface area contributed by atoms with Gasteiger partial charge in [0.25, 0.3) is 5.56 Å². The van der Waals surface area contributed by atoms with E-state index in [9.17, 15) is 14.4 Å². The highest BCUT2D eigenvalue weighted by Crippen LogP contribution is 2.20. The van der Waals surface area contributed by atoms with Crippen molar-refractivity contribution in [2.75, 3.05) is 0 Å². The Balaban J connectivity index is 1.85. The zero-order valence-corrected chi connectivity index (χ0v) is 16.2. The number of carbonyl (C=O) groups excluding carboxylic acids is 2. The zero-order chi connectivity index (χ0) is 21.4. The van der Waals surface area contributed by atoms with Crippen molar-refractivity contribution >= 4 is 28.1 Å². The molecule has 3 aromatic carbocycles. The Bertz CT molecular complexity index is 1520. The molecule has 31 heavy (non-hydrogen) atoms. The number of para-hydroxylation sites is 1. The van der Waals surface area contributed by atoms with Gasteiger partial charge in [0.1, 0.15) is 5.69 Å². The molecule has 6 nitrogen and oxygen atoms in total. The van der Waals surface area contributed by atoms with Gasteiger partial charge >= 0.3 is 0 Å². The normalized spacial score (nSPS) is 11.0. The van der Waals surface area contributed by atoms with Crippen LogP contribution in [0.3, 0.4) is 0 Å². The molecular weight excluding hydrogens is 390 g/mol. The van der Waals surface area contributed by atoms with Gasteiger partial charge in [0.05, 0.1) is 16.5 Å². The summed E-state index contributed by atoms with van der Waals surface area (Å²) < 4.78 is 1.41. The predicted octanol–water partition coefficient (Wildman–Crippen LogP) is 3.70. The highest BCUT2D eigenvalue weighted by molar-refractivity contribution is 6.15. The Kier molecular flexibility index (Phi) is 4.45. The molecular formula is C25H15N3O3. The van der Waals surface area contributed by atoms with Gasteiger partial charge in [0.2, 0.25) is 5.78 Å². The number of nitrogens with zero attached hydrogens (tertiary/aromatic N) is 3. The molecule has 0 saturated heterocycles. The SMILES string of the molecule is O=C(c1ccccc1)c1cc(C(=O)c2ccccc2)c2nc(=O)c3ccccc3n2n1. The van der Waals surface area contributed by atoms with Gasteiger partial charge in [0, 0.05) is 11.1 Å². The van der Waals surface area contributed by atoms with Gasteiger partial charge < -0.3 is 0 Å². The third-order valence-electron chi connectivity index (χ3n) is 5.05. The van der Waals surface area contributed by atoms with E-state index in [1.54, 1.807) is 72.8 Å². The number of ketones is 2. The van der Waals surface area contributed by atoms with E-state index < -0.39 is 5.56 Å². The van der Waals surface area contributed by atoms with Crippen LogP contribution in [0.1, 0.15) is 32.0 Å². The van der Waals surface area contributed by atoms with Gasteiger partial charge in [-0.05, 0) is 18.2 Å². The molecule has 2 heterocycles. The third kappa shape index (κ3) is 3.20. The van der Waals surface area contributed by atoms with Crippen LogP contribution in [0.2, 0.25) is 0 Å². The number of rotatable bonds is 4. The molecule has 0 aliphatic rings. The van der Waals surface area contributed by atoms with E-state index in [2.05, 4.69) is 10.1 Å². The van der Waals surface area contributed by atoms with Crippen molar-refractivity contribution in [2.45, 2.75) is 0 Å². The Morgan fingerprint density at radius 2 is 1.29 bits per heavy atom. The topological polar surface area (TPSA) is 81.4 Å². The minimum atomic E-state index is -0.457. The second-order valence-electron chi connectivity index (χ2n) is 7.00. The summed E-state index contributed by atoms with van der Waals surface area (Å²) in [7, 11) is 0. The van der Waals surface area contributed by atoms with E-state index in [1.165, 1.54) is 10.6 Å². The molecule has 0 aliphatic carbocycles. The number of benzene rings is 3. The minimum absolute atomic E-state index is 0.0913. The standard InChI is InChI=1S/C25H15N3O3/c29-22(16-9-3-1-4-10-16)19-15-20(23(30)17-11-5-2-6-12-17)27-28-21-14-8-7-13-18(21)25(31)26-24(19)28/h1-15H. The molecule has 0 N–H and O–H groups in total. The fraction of sp³-hybridized carbons (Fsp3) is 0. The monoisotopic (exact) mass is 405 g/mol. The van der Waals surface area contributed by atoms with E-state index in [0.29, 0.717) is 22.0 Å². The van der Waals surface area contributed by atoms with Crippen LogP contribution in [-0.4, -0.2) is 26.2 Å². The minimum Gasteiger partial charge on any atom is -0.288 e. The molecule has 0 unspecified atom stereocenters. The molecule has 0 spiro atoms. The molecule has 0 saturated carbocycles. The van der Waals surface area contributed by atoms with Crippen LogP contribution >= 0.6 is 0 Å². The lowest BCUT2D eigenvalue weighted by atomic mass is 10.0. The number of aromatic nitrogens is 3. The summed E-state index contributed by atoms with van der Waals surface area (Å²) >= 11 is 0. The zero-order valence-electron chi connectivity index (χ0n) is 16.2. The molecule has 5 aromatic rings. The van der Waals surface area contributed by atoms with Gasteiger partial charge in [-0.15, -0.1) is 0 Å². The average molecular weight is 405 g/mol. The van der Waals surface area contributed by atoms with E-state index in [4.69, 9.17) is 0 Å². The summed E-state index contributed by atoms with van der Waals surface area (Å²) in [5.74, 6) is -0.669. The summed E-state index contributed by atoms with van der Waals surface area (Å²) in [5.41, 5.74) is 1.24. The van der Waals surface area contributed by atoms with Crippen LogP contribution < -0.4 is 5.56 Å². The van der Waals surface area contributed by atoms with Crippen molar-refractivity contribution in [1.82, 2.24) is 14.6 Å². The Hall–Kier alpha value is -4.45. The first-order chi connectivity index (χ1) is 15.1. The van der Waals surface area contributed by atoms with Crippen molar-refractivity contribution in [3.05, 3.63) is 124 Å². The Morgan fingerprint density at radius 1 is 0.710 bits per heavy atom. The van der Waals surface area contributed by atoms with Crippen LogP contribution in [0.15, 0.2) is 95.8 Å². The first-order valence-electron chi connectivity index (χ1n) is 9.66. The first-order valence-corrected chi connectivity index (χ1v) is 9.66. The van der Waals surface area contributed by atoms with Crippen molar-refractivity contribution in [2.24, 2.45) is 0 Å². The maximum Gasteiger partial charge on any atom is 0.281 e. The van der Waals surface area contributed by atoms with Crippen LogP contribution in [0.4, 0.5) is 0 Å². The van der Waals surface area contributed by atoms with Crippen molar-refractivity contribution in [1.29, 1.82) is 0 Å². The Morgan fingerprint density at radius 3 is 1.97 bits per heavy atom. The number of hydrogen-bond acceptors (Lipinski definition) is 5. The van der Waals surface area contributed by atoms with Gasteiger partial charge in [0.15, 0.2) is 11.4 Å².